The van der Waals surface area contributed by atoms with E-state index >= 15 is 0 Å². The number of hydrogen-bond donors (Lipinski definition) is 3. The fraction of sp³-hybridized carbons (Fsp3) is 0.667. The van der Waals surface area contributed by atoms with Crippen LogP contribution < -0.4 is 16.6 Å². The van der Waals surface area contributed by atoms with Gasteiger partial charge < -0.3 is 15.5 Å². The predicted molar refractivity (Wildman–Crippen MR) is 71.4 cm³/mol. The molecule has 4 N–H and O–H groups in total. The number of hydrazine groups is 1. The lowest BCUT2D eigenvalue weighted by Crippen LogP contribution is -2.27. The summed E-state index contributed by atoms with van der Waals surface area (Å²) in [5.41, 5.74) is 2.58. The Morgan fingerprint density at radius 3 is 2.67 bits per heavy atom. The van der Waals surface area contributed by atoms with Gasteiger partial charge >= 0.3 is 0 Å². The van der Waals surface area contributed by atoms with Crippen LogP contribution in [0.15, 0.2) is 6.07 Å². The van der Waals surface area contributed by atoms with E-state index < -0.39 is 0 Å². The molecule has 0 saturated carbocycles. The first-order valence-corrected chi connectivity index (χ1v) is 6.34. The first-order chi connectivity index (χ1) is 8.60. The van der Waals surface area contributed by atoms with Gasteiger partial charge in [-0.1, -0.05) is 13.8 Å². The first-order valence-electron chi connectivity index (χ1n) is 6.34. The largest absolute Gasteiger partial charge is 0.376 e. The third-order valence-electron chi connectivity index (χ3n) is 3.12. The summed E-state index contributed by atoms with van der Waals surface area (Å²) in [5, 5.41) is 3.39. The number of nitrogens with one attached hydrogen (secondary N) is 2. The van der Waals surface area contributed by atoms with Crippen molar-refractivity contribution in [2.45, 2.75) is 45.3 Å². The van der Waals surface area contributed by atoms with Crippen molar-refractivity contribution >= 4 is 11.6 Å². The molecule has 0 bridgehead atoms. The van der Waals surface area contributed by atoms with Gasteiger partial charge in [-0.3, -0.25) is 0 Å². The van der Waals surface area contributed by atoms with Crippen LogP contribution in [0.25, 0.3) is 0 Å². The molecule has 1 fully saturated rings. The zero-order valence-electron chi connectivity index (χ0n) is 11.1. The van der Waals surface area contributed by atoms with E-state index in [1.807, 2.05) is 6.07 Å². The molecule has 6 nitrogen and oxygen atoms in total. The fourth-order valence-corrected chi connectivity index (χ4v) is 1.98. The van der Waals surface area contributed by atoms with E-state index in [-0.39, 0.29) is 12.0 Å². The number of anilines is 2. The SMILES string of the molecule is CC(C)c1nc(NN)cc(NC2CCOC2C)n1. The average Bonchev–Trinajstić information content (AvgIpc) is 2.74. The van der Waals surface area contributed by atoms with E-state index in [0.29, 0.717) is 11.9 Å². The third-order valence-corrected chi connectivity index (χ3v) is 3.12. The summed E-state index contributed by atoms with van der Waals surface area (Å²) in [4.78, 5) is 8.83. The Hall–Kier alpha value is -1.40. The van der Waals surface area contributed by atoms with Gasteiger partial charge in [-0.15, -0.1) is 0 Å². The van der Waals surface area contributed by atoms with Gasteiger partial charge in [0.2, 0.25) is 0 Å². The lowest BCUT2D eigenvalue weighted by atomic mass is 10.1. The zero-order valence-corrected chi connectivity index (χ0v) is 11.1. The van der Waals surface area contributed by atoms with Crippen LogP contribution in [0.3, 0.4) is 0 Å². The minimum absolute atomic E-state index is 0.205. The number of nitrogen functional groups attached to an aromatic ring is 1. The summed E-state index contributed by atoms with van der Waals surface area (Å²) in [6.07, 6.45) is 1.20. The zero-order chi connectivity index (χ0) is 13.1. The maximum atomic E-state index is 5.53. The minimum Gasteiger partial charge on any atom is -0.376 e. The van der Waals surface area contributed by atoms with Crippen LogP contribution in [0.1, 0.15) is 38.9 Å². The molecule has 2 heterocycles. The van der Waals surface area contributed by atoms with E-state index in [9.17, 15) is 0 Å². The highest BCUT2D eigenvalue weighted by Crippen LogP contribution is 2.21. The van der Waals surface area contributed by atoms with Crippen molar-refractivity contribution in [2.75, 3.05) is 17.3 Å². The molecule has 2 rings (SSSR count). The number of rotatable bonds is 4. The number of nitrogens with zero attached hydrogens (tertiary/aromatic N) is 2. The van der Waals surface area contributed by atoms with Crippen LogP contribution in [-0.2, 0) is 4.74 Å². The summed E-state index contributed by atoms with van der Waals surface area (Å²) in [5.74, 6) is 7.89. The average molecular weight is 251 g/mol. The van der Waals surface area contributed by atoms with Crippen LogP contribution >= 0.6 is 0 Å². The highest BCUT2D eigenvalue weighted by Gasteiger charge is 2.24. The Morgan fingerprint density at radius 2 is 2.11 bits per heavy atom. The Morgan fingerprint density at radius 1 is 1.39 bits per heavy atom. The minimum atomic E-state index is 0.205. The van der Waals surface area contributed by atoms with E-state index in [2.05, 4.69) is 41.5 Å². The molecule has 0 aromatic carbocycles. The van der Waals surface area contributed by atoms with Crippen LogP contribution in [-0.4, -0.2) is 28.7 Å². The van der Waals surface area contributed by atoms with Crippen molar-refractivity contribution in [3.63, 3.8) is 0 Å². The molecule has 0 aliphatic carbocycles. The molecule has 1 aliphatic heterocycles. The van der Waals surface area contributed by atoms with Gasteiger partial charge in [-0.2, -0.15) is 0 Å². The van der Waals surface area contributed by atoms with Gasteiger partial charge in [0.15, 0.2) is 0 Å². The molecule has 0 amide bonds. The quantitative estimate of drug-likeness (QED) is 0.555. The molecule has 1 aliphatic rings. The Labute approximate surface area is 107 Å². The highest BCUT2D eigenvalue weighted by atomic mass is 16.5. The van der Waals surface area contributed by atoms with Gasteiger partial charge in [-0.25, -0.2) is 15.8 Å². The van der Waals surface area contributed by atoms with Crippen molar-refractivity contribution in [2.24, 2.45) is 5.84 Å². The van der Waals surface area contributed by atoms with Crippen molar-refractivity contribution in [1.29, 1.82) is 0 Å². The van der Waals surface area contributed by atoms with E-state index in [0.717, 1.165) is 24.7 Å². The number of aromatic nitrogens is 2. The molecule has 18 heavy (non-hydrogen) atoms. The summed E-state index contributed by atoms with van der Waals surface area (Å²) >= 11 is 0. The van der Waals surface area contributed by atoms with Crippen molar-refractivity contribution in [3.05, 3.63) is 11.9 Å². The van der Waals surface area contributed by atoms with Crippen molar-refractivity contribution in [3.8, 4) is 0 Å². The van der Waals surface area contributed by atoms with Crippen molar-refractivity contribution < 1.29 is 4.74 Å². The van der Waals surface area contributed by atoms with Gasteiger partial charge in [0, 0.05) is 18.6 Å². The van der Waals surface area contributed by atoms with Crippen LogP contribution in [0.5, 0.6) is 0 Å². The van der Waals surface area contributed by atoms with Gasteiger partial charge in [0.1, 0.15) is 17.5 Å². The number of nitrogens with two attached hydrogens (primary N) is 1. The third kappa shape index (κ3) is 2.88. The summed E-state index contributed by atoms with van der Waals surface area (Å²) < 4.78 is 5.53. The fourth-order valence-electron chi connectivity index (χ4n) is 1.98. The first kappa shape index (κ1) is 13.0. The van der Waals surface area contributed by atoms with Gasteiger partial charge in [0.25, 0.3) is 0 Å². The molecule has 0 radical (unpaired) electrons. The smallest absolute Gasteiger partial charge is 0.145 e. The molecule has 6 heteroatoms. The maximum Gasteiger partial charge on any atom is 0.145 e. The molecule has 100 valence electrons. The van der Waals surface area contributed by atoms with E-state index in [1.54, 1.807) is 0 Å². The predicted octanol–water partition coefficient (Wildman–Crippen LogP) is 1.47. The monoisotopic (exact) mass is 251 g/mol. The Kier molecular flexibility index (Phi) is 3.98. The lowest BCUT2D eigenvalue weighted by molar-refractivity contribution is 0.121. The van der Waals surface area contributed by atoms with Crippen LogP contribution in [0.4, 0.5) is 11.6 Å². The normalized spacial score (nSPS) is 23.4. The highest BCUT2D eigenvalue weighted by molar-refractivity contribution is 5.48. The van der Waals surface area contributed by atoms with Gasteiger partial charge in [0.05, 0.1) is 12.1 Å². The number of hydrogen-bond acceptors (Lipinski definition) is 6. The number of ether oxygens (including phenoxy) is 1. The standard InChI is InChI=1S/C12H21N5O/c1-7(2)12-15-10(6-11(16-12)17-13)14-9-4-5-18-8(9)3/h6-9H,4-5,13H2,1-3H3,(H2,14,15,16,17). The second-order valence-electron chi connectivity index (χ2n) is 4.91. The van der Waals surface area contributed by atoms with Gasteiger partial charge in [-0.05, 0) is 13.3 Å². The second kappa shape index (κ2) is 5.49. The maximum absolute atomic E-state index is 5.53. The summed E-state index contributed by atoms with van der Waals surface area (Å²) in [6.45, 7) is 6.97. The Bertz CT molecular complexity index is 409. The van der Waals surface area contributed by atoms with Crippen molar-refractivity contribution in [1.82, 2.24) is 9.97 Å². The molecular formula is C12H21N5O. The molecule has 2 atom stereocenters. The van der Waals surface area contributed by atoms with Crippen LogP contribution in [0.2, 0.25) is 0 Å². The molecule has 0 spiro atoms. The van der Waals surface area contributed by atoms with E-state index in [4.69, 9.17) is 10.6 Å². The molecule has 1 saturated heterocycles. The van der Waals surface area contributed by atoms with Crippen LogP contribution in [0, 0.1) is 0 Å². The lowest BCUT2D eigenvalue weighted by Gasteiger charge is -2.18. The summed E-state index contributed by atoms with van der Waals surface area (Å²) in [6, 6.07) is 2.11. The molecule has 2 unspecified atom stereocenters. The molecule has 1 aromatic heterocycles. The topological polar surface area (TPSA) is 85.1 Å². The van der Waals surface area contributed by atoms with E-state index in [1.165, 1.54) is 0 Å². The Balaban J connectivity index is 2.18. The second-order valence-corrected chi connectivity index (χ2v) is 4.91. The molecule has 1 aromatic rings. The molecular weight excluding hydrogens is 230 g/mol. The summed E-state index contributed by atoms with van der Waals surface area (Å²) in [7, 11) is 0.